The van der Waals surface area contributed by atoms with Crippen LogP contribution in [0, 0.1) is 47.8 Å². The van der Waals surface area contributed by atoms with E-state index in [0.29, 0.717) is 22.3 Å². The molecule has 0 unspecified atom stereocenters. The molecule has 8 aromatic rings. The van der Waals surface area contributed by atoms with Crippen molar-refractivity contribution >= 4 is 52.2 Å². The summed E-state index contributed by atoms with van der Waals surface area (Å²) in [4.78, 5) is 0. The highest BCUT2D eigenvalue weighted by Crippen LogP contribution is 2.56. The Morgan fingerprint density at radius 3 is 1.52 bits per heavy atom. The van der Waals surface area contributed by atoms with E-state index in [1.54, 1.807) is 12.1 Å². The summed E-state index contributed by atoms with van der Waals surface area (Å²) in [5.74, 6) is 0. The summed E-state index contributed by atoms with van der Waals surface area (Å²) >= 11 is 3.73. The lowest BCUT2D eigenvalue weighted by atomic mass is 9.70. The Kier molecular flexibility index (Phi) is 13.1. The van der Waals surface area contributed by atoms with Crippen molar-refractivity contribution in [3.8, 4) is 62.7 Å². The number of rotatable bonds is 17. The van der Waals surface area contributed by atoms with Gasteiger partial charge in [-0.05, 0) is 131 Å². The Bertz CT molecular complexity index is 3160. The normalized spacial score (nSPS) is 12.6. The third-order valence-corrected chi connectivity index (χ3v) is 16.6. The fraction of sp³-hybridized carbons (Fsp3) is 0.317. The molecule has 0 saturated heterocycles. The van der Waals surface area contributed by atoms with Gasteiger partial charge in [-0.25, -0.2) is 0 Å². The van der Waals surface area contributed by atoms with Crippen LogP contribution in [-0.2, 0) is 5.41 Å². The number of benzene rings is 6. The van der Waals surface area contributed by atoms with Gasteiger partial charge >= 0.3 is 0 Å². The first-order valence-corrected chi connectivity index (χ1v) is 25.6. The van der Waals surface area contributed by atoms with Crippen LogP contribution in [0.25, 0.3) is 74.1 Å². The van der Waals surface area contributed by atoms with Crippen LogP contribution in [0.3, 0.4) is 0 Å². The second-order valence-electron chi connectivity index (χ2n) is 18.6. The summed E-state index contributed by atoms with van der Waals surface area (Å²) in [5.41, 5.74) is 14.8. The molecule has 0 spiro atoms. The smallest absolute Gasteiger partial charge is 0.0999 e. The summed E-state index contributed by atoms with van der Waals surface area (Å²) in [6.45, 7) is 8.99. The highest BCUT2D eigenvalue weighted by molar-refractivity contribution is 7.36. The maximum Gasteiger partial charge on any atom is 0.0999 e. The zero-order valence-corrected chi connectivity index (χ0v) is 40.0. The van der Waals surface area contributed by atoms with Gasteiger partial charge in [-0.1, -0.05) is 151 Å². The SMILES string of the molecule is CCCCCCCCC1(CCCCCCCC)c2cc(C)ccc2-c2ccc(-c3cc(-c4ccc5c(c4)sc4c6ccc(C)cc6sc54)cc(-c4c(C#N)cc(C#N)cc4C#N)c3)cc21. The molecule has 9 rings (SSSR count). The number of nitrogens with zero attached hydrogens (tertiary/aromatic N) is 3. The van der Waals surface area contributed by atoms with Crippen molar-refractivity contribution in [1.82, 2.24) is 0 Å². The minimum atomic E-state index is -0.0718. The van der Waals surface area contributed by atoms with E-state index in [4.69, 9.17) is 0 Å². The number of nitriles is 3. The van der Waals surface area contributed by atoms with Gasteiger partial charge in [-0.3, -0.25) is 0 Å². The Hall–Kier alpha value is -6.03. The molecule has 1 aliphatic rings. The average molecular weight is 884 g/mol. The molecular formula is C60H57N3S2. The van der Waals surface area contributed by atoms with E-state index in [2.05, 4.69) is 137 Å². The van der Waals surface area contributed by atoms with E-state index in [1.165, 1.54) is 140 Å². The molecule has 2 heterocycles. The van der Waals surface area contributed by atoms with E-state index >= 15 is 0 Å². The van der Waals surface area contributed by atoms with Crippen molar-refractivity contribution in [2.45, 2.75) is 123 Å². The highest BCUT2D eigenvalue weighted by atomic mass is 32.1. The molecular weight excluding hydrogens is 827 g/mol. The molecule has 324 valence electrons. The Labute approximate surface area is 393 Å². The molecule has 0 N–H and O–H groups in total. The number of hydrogen-bond donors (Lipinski definition) is 0. The number of aryl methyl sites for hydroxylation is 2. The molecule has 6 aromatic carbocycles. The predicted molar refractivity (Wildman–Crippen MR) is 277 cm³/mol. The first-order valence-electron chi connectivity index (χ1n) is 23.9. The summed E-state index contributed by atoms with van der Waals surface area (Å²) in [5, 5.41) is 33.5. The van der Waals surface area contributed by atoms with Gasteiger partial charge in [0.05, 0.1) is 44.3 Å². The second-order valence-corrected chi connectivity index (χ2v) is 20.7. The fourth-order valence-electron chi connectivity index (χ4n) is 10.7. The molecule has 2 aromatic heterocycles. The third-order valence-electron chi connectivity index (χ3n) is 14.1. The molecule has 65 heavy (non-hydrogen) atoms. The van der Waals surface area contributed by atoms with Crippen LogP contribution in [0.4, 0.5) is 0 Å². The topological polar surface area (TPSA) is 71.4 Å². The molecule has 5 heteroatoms. The van der Waals surface area contributed by atoms with E-state index in [9.17, 15) is 15.8 Å². The van der Waals surface area contributed by atoms with E-state index in [-0.39, 0.29) is 5.41 Å². The van der Waals surface area contributed by atoms with Gasteiger partial charge in [0.15, 0.2) is 0 Å². The number of hydrogen-bond acceptors (Lipinski definition) is 5. The lowest BCUT2D eigenvalue weighted by Gasteiger charge is -2.33. The van der Waals surface area contributed by atoms with Gasteiger partial charge in [0.25, 0.3) is 0 Å². The van der Waals surface area contributed by atoms with Gasteiger partial charge < -0.3 is 0 Å². The van der Waals surface area contributed by atoms with E-state index in [0.717, 1.165) is 40.7 Å². The molecule has 0 fully saturated rings. The summed E-state index contributed by atoms with van der Waals surface area (Å²) < 4.78 is 5.24. The van der Waals surface area contributed by atoms with Crippen molar-refractivity contribution in [2.24, 2.45) is 0 Å². The molecule has 1 aliphatic carbocycles. The van der Waals surface area contributed by atoms with Crippen molar-refractivity contribution in [3.05, 3.63) is 142 Å². The van der Waals surface area contributed by atoms with Crippen LogP contribution in [0.2, 0.25) is 0 Å². The van der Waals surface area contributed by atoms with Crippen molar-refractivity contribution in [2.75, 3.05) is 0 Å². The number of thiophene rings is 2. The first kappa shape index (κ1) is 44.2. The van der Waals surface area contributed by atoms with Crippen LogP contribution >= 0.6 is 22.7 Å². The van der Waals surface area contributed by atoms with Gasteiger partial charge in [-0.15, -0.1) is 22.7 Å². The van der Waals surface area contributed by atoms with Crippen LogP contribution in [0.5, 0.6) is 0 Å². The molecule has 3 nitrogen and oxygen atoms in total. The Morgan fingerprint density at radius 2 is 0.923 bits per heavy atom. The van der Waals surface area contributed by atoms with Gasteiger partial charge in [0.2, 0.25) is 0 Å². The average Bonchev–Trinajstić information content (AvgIpc) is 3.95. The molecule has 0 saturated carbocycles. The van der Waals surface area contributed by atoms with Crippen LogP contribution in [0.15, 0.2) is 103 Å². The van der Waals surface area contributed by atoms with Crippen molar-refractivity contribution in [1.29, 1.82) is 15.8 Å². The predicted octanol–water partition coefficient (Wildman–Crippen LogP) is 18.3. The Morgan fingerprint density at radius 1 is 0.446 bits per heavy atom. The number of unbranched alkanes of at least 4 members (excludes halogenated alkanes) is 10. The number of fused-ring (bicyclic) bond motifs is 8. The quantitative estimate of drug-likeness (QED) is 0.0855. The monoisotopic (exact) mass is 883 g/mol. The van der Waals surface area contributed by atoms with Crippen LogP contribution in [-0.4, -0.2) is 0 Å². The minimum absolute atomic E-state index is 0.0718. The van der Waals surface area contributed by atoms with Crippen LogP contribution in [0.1, 0.15) is 143 Å². The summed E-state index contributed by atoms with van der Waals surface area (Å²) in [7, 11) is 0. The largest absolute Gasteiger partial charge is 0.192 e. The summed E-state index contributed by atoms with van der Waals surface area (Å²) in [6, 6.07) is 44.6. The van der Waals surface area contributed by atoms with Gasteiger partial charge in [0.1, 0.15) is 0 Å². The molecule has 0 radical (unpaired) electrons. The zero-order chi connectivity index (χ0) is 45.1. The standard InChI is InChI=1S/C60H57N3S2/c1-5-7-9-11-13-15-25-60(26-16-14-12-10-8-6-2)53-27-39(3)17-21-49(53)50-23-19-42(34-54(50)60)44-31-45(33-46(32-44)57-47(37-62)29-41(36-61)30-48(57)38-63)43-20-24-52-56(35-43)65-58-51-22-18-40(4)28-55(51)64-59(52)58/h17-24,27-35H,5-16,25-26H2,1-4H3. The van der Waals surface area contributed by atoms with Gasteiger partial charge in [-0.2, -0.15) is 15.8 Å². The maximum atomic E-state index is 10.5. The third kappa shape index (κ3) is 8.52. The lowest BCUT2D eigenvalue weighted by molar-refractivity contribution is 0.398. The highest BCUT2D eigenvalue weighted by Gasteiger charge is 2.42. The summed E-state index contributed by atoms with van der Waals surface area (Å²) in [6.07, 6.45) is 17.6. The second kappa shape index (κ2) is 19.2. The molecule has 0 bridgehead atoms. The first-order chi connectivity index (χ1) is 31.8. The lowest BCUT2D eigenvalue weighted by Crippen LogP contribution is -2.25. The van der Waals surface area contributed by atoms with Crippen molar-refractivity contribution in [3.63, 3.8) is 0 Å². The van der Waals surface area contributed by atoms with Crippen molar-refractivity contribution < 1.29 is 0 Å². The zero-order valence-electron chi connectivity index (χ0n) is 38.4. The van der Waals surface area contributed by atoms with E-state index in [1.807, 2.05) is 22.7 Å². The fourth-order valence-corrected chi connectivity index (χ4v) is 13.5. The molecule has 0 atom stereocenters. The molecule has 0 aliphatic heterocycles. The minimum Gasteiger partial charge on any atom is -0.192 e. The van der Waals surface area contributed by atoms with E-state index < -0.39 is 0 Å². The molecule has 0 amide bonds. The Balaban J connectivity index is 1.20. The maximum absolute atomic E-state index is 10.5. The van der Waals surface area contributed by atoms with Crippen LogP contribution < -0.4 is 0 Å². The van der Waals surface area contributed by atoms with Gasteiger partial charge in [0, 0.05) is 31.2 Å².